The fourth-order valence-electron chi connectivity index (χ4n) is 3.05. The number of hydrogen-bond acceptors (Lipinski definition) is 1. The van der Waals surface area contributed by atoms with Gasteiger partial charge in [0, 0.05) is 10.5 Å². The van der Waals surface area contributed by atoms with Crippen LogP contribution in [0.1, 0.15) is 49.9 Å². The van der Waals surface area contributed by atoms with Crippen LogP contribution in [0.2, 0.25) is 0 Å². The third-order valence-corrected chi connectivity index (χ3v) is 4.86. The zero-order valence-electron chi connectivity index (χ0n) is 12.0. The van der Waals surface area contributed by atoms with Gasteiger partial charge in [-0.25, -0.2) is 4.39 Å². The van der Waals surface area contributed by atoms with Gasteiger partial charge in [-0.1, -0.05) is 26.7 Å². The Morgan fingerprint density at radius 3 is 2.75 bits per heavy atom. The summed E-state index contributed by atoms with van der Waals surface area (Å²) in [4.78, 5) is 12.3. The molecular formula is C16H21BrFNO. The topological polar surface area (TPSA) is 29.1 Å². The van der Waals surface area contributed by atoms with Gasteiger partial charge < -0.3 is 5.32 Å². The van der Waals surface area contributed by atoms with Crippen molar-refractivity contribution in [3.63, 3.8) is 0 Å². The molecule has 4 heteroatoms. The molecule has 2 unspecified atom stereocenters. The average molecular weight is 342 g/mol. The fraction of sp³-hybridized carbons (Fsp3) is 0.562. The number of halogens is 2. The van der Waals surface area contributed by atoms with Gasteiger partial charge in [0.2, 0.25) is 0 Å². The van der Waals surface area contributed by atoms with Gasteiger partial charge in [0.15, 0.2) is 0 Å². The van der Waals surface area contributed by atoms with Crippen LogP contribution in [0, 0.1) is 17.7 Å². The van der Waals surface area contributed by atoms with E-state index in [1.54, 1.807) is 6.07 Å². The maximum absolute atomic E-state index is 13.3. The van der Waals surface area contributed by atoms with Gasteiger partial charge in [0.25, 0.3) is 5.91 Å². The van der Waals surface area contributed by atoms with E-state index in [1.165, 1.54) is 18.6 Å². The van der Waals surface area contributed by atoms with E-state index in [1.807, 2.05) is 0 Å². The van der Waals surface area contributed by atoms with E-state index in [2.05, 4.69) is 35.1 Å². The minimum Gasteiger partial charge on any atom is -0.349 e. The van der Waals surface area contributed by atoms with Crippen LogP contribution >= 0.6 is 15.9 Å². The van der Waals surface area contributed by atoms with Crippen LogP contribution in [0.25, 0.3) is 0 Å². The molecule has 0 bridgehead atoms. The molecule has 20 heavy (non-hydrogen) atoms. The van der Waals surface area contributed by atoms with Crippen molar-refractivity contribution in [1.82, 2.24) is 5.32 Å². The first-order valence-electron chi connectivity index (χ1n) is 7.25. The molecule has 1 amide bonds. The number of carbonyl (C=O) groups is 1. The molecule has 1 N–H and O–H groups in total. The first-order chi connectivity index (χ1) is 9.49. The van der Waals surface area contributed by atoms with Crippen molar-refractivity contribution in [3.8, 4) is 0 Å². The van der Waals surface area contributed by atoms with E-state index in [-0.39, 0.29) is 17.8 Å². The third-order valence-electron chi connectivity index (χ3n) is 4.17. The molecule has 0 radical (unpaired) electrons. The zero-order chi connectivity index (χ0) is 14.7. The lowest BCUT2D eigenvalue weighted by Crippen LogP contribution is -2.44. The quantitative estimate of drug-likeness (QED) is 0.859. The highest BCUT2D eigenvalue weighted by Gasteiger charge is 2.29. The van der Waals surface area contributed by atoms with E-state index < -0.39 is 0 Å². The zero-order valence-corrected chi connectivity index (χ0v) is 13.5. The molecule has 2 rings (SSSR count). The van der Waals surface area contributed by atoms with Crippen LogP contribution in [-0.4, -0.2) is 11.9 Å². The van der Waals surface area contributed by atoms with Gasteiger partial charge in [0.05, 0.1) is 5.56 Å². The number of amides is 1. The van der Waals surface area contributed by atoms with Crippen LogP contribution in [0.15, 0.2) is 22.7 Å². The van der Waals surface area contributed by atoms with Crippen molar-refractivity contribution >= 4 is 21.8 Å². The Balaban J connectivity index is 2.11. The standard InChI is InChI=1S/C16H21BrFNO/c1-10(2)12-5-3-4-6-15(12)19-16(20)13-9-11(18)7-8-14(13)17/h7-10,12,15H,3-6H2,1-2H3,(H,19,20). The SMILES string of the molecule is CC(C)C1CCCCC1NC(=O)c1cc(F)ccc1Br. The van der Waals surface area contributed by atoms with Crippen molar-refractivity contribution in [3.05, 3.63) is 34.1 Å². The molecule has 1 aromatic carbocycles. The summed E-state index contributed by atoms with van der Waals surface area (Å²) >= 11 is 3.31. The predicted molar refractivity (Wildman–Crippen MR) is 82.2 cm³/mol. The molecular weight excluding hydrogens is 321 g/mol. The summed E-state index contributed by atoms with van der Waals surface area (Å²) in [5.41, 5.74) is 0.373. The second kappa shape index (κ2) is 6.70. The van der Waals surface area contributed by atoms with E-state index in [9.17, 15) is 9.18 Å². The first-order valence-corrected chi connectivity index (χ1v) is 8.04. The number of benzene rings is 1. The summed E-state index contributed by atoms with van der Waals surface area (Å²) in [6, 6.07) is 4.40. The van der Waals surface area contributed by atoms with Gasteiger partial charge >= 0.3 is 0 Å². The van der Waals surface area contributed by atoms with Crippen LogP contribution in [-0.2, 0) is 0 Å². The molecule has 0 aliphatic heterocycles. The molecule has 0 heterocycles. The van der Waals surface area contributed by atoms with E-state index in [0.29, 0.717) is 21.9 Å². The van der Waals surface area contributed by atoms with Crippen molar-refractivity contribution in [1.29, 1.82) is 0 Å². The molecule has 110 valence electrons. The molecule has 2 atom stereocenters. The molecule has 1 fully saturated rings. The van der Waals surface area contributed by atoms with E-state index in [0.717, 1.165) is 19.3 Å². The Labute approximate surface area is 128 Å². The van der Waals surface area contributed by atoms with Crippen LogP contribution < -0.4 is 5.32 Å². The average Bonchev–Trinajstić information content (AvgIpc) is 2.41. The highest BCUT2D eigenvalue weighted by molar-refractivity contribution is 9.10. The summed E-state index contributed by atoms with van der Waals surface area (Å²) in [6.45, 7) is 4.40. The molecule has 1 aromatic rings. The largest absolute Gasteiger partial charge is 0.349 e. The summed E-state index contributed by atoms with van der Waals surface area (Å²) < 4.78 is 13.9. The monoisotopic (exact) mass is 341 g/mol. The minimum atomic E-state index is -0.387. The lowest BCUT2D eigenvalue weighted by molar-refractivity contribution is 0.0888. The van der Waals surface area contributed by atoms with E-state index in [4.69, 9.17) is 0 Å². The summed E-state index contributed by atoms with van der Waals surface area (Å²) in [5, 5.41) is 3.10. The Hall–Kier alpha value is -0.900. The normalized spacial score (nSPS) is 22.9. The Kier molecular flexibility index (Phi) is 5.19. The number of hydrogen-bond donors (Lipinski definition) is 1. The van der Waals surface area contributed by atoms with Gasteiger partial charge in [0.1, 0.15) is 5.82 Å². The molecule has 0 aromatic heterocycles. The van der Waals surface area contributed by atoms with Crippen LogP contribution in [0.5, 0.6) is 0 Å². The molecule has 0 saturated heterocycles. The van der Waals surface area contributed by atoms with Gasteiger partial charge in [-0.2, -0.15) is 0 Å². The van der Waals surface area contributed by atoms with Crippen LogP contribution in [0.3, 0.4) is 0 Å². The Morgan fingerprint density at radius 2 is 2.05 bits per heavy atom. The Bertz CT molecular complexity index is 489. The third kappa shape index (κ3) is 3.60. The molecule has 1 aliphatic rings. The maximum Gasteiger partial charge on any atom is 0.252 e. The smallest absolute Gasteiger partial charge is 0.252 e. The van der Waals surface area contributed by atoms with Gasteiger partial charge in [-0.15, -0.1) is 0 Å². The lowest BCUT2D eigenvalue weighted by Gasteiger charge is -2.35. The first kappa shape index (κ1) is 15.5. The highest BCUT2D eigenvalue weighted by atomic mass is 79.9. The van der Waals surface area contributed by atoms with Crippen LogP contribution in [0.4, 0.5) is 4.39 Å². The van der Waals surface area contributed by atoms with Gasteiger partial charge in [-0.3, -0.25) is 4.79 Å². The Morgan fingerprint density at radius 1 is 1.35 bits per heavy atom. The van der Waals surface area contributed by atoms with Gasteiger partial charge in [-0.05, 0) is 58.8 Å². The fourth-order valence-corrected chi connectivity index (χ4v) is 3.48. The maximum atomic E-state index is 13.3. The number of nitrogens with one attached hydrogen (secondary N) is 1. The molecule has 1 saturated carbocycles. The lowest BCUT2D eigenvalue weighted by atomic mass is 9.78. The van der Waals surface area contributed by atoms with Crippen molar-refractivity contribution in [2.24, 2.45) is 11.8 Å². The van der Waals surface area contributed by atoms with Crippen molar-refractivity contribution in [2.45, 2.75) is 45.6 Å². The molecule has 1 aliphatic carbocycles. The molecule has 2 nitrogen and oxygen atoms in total. The second-order valence-electron chi connectivity index (χ2n) is 5.90. The minimum absolute atomic E-state index is 0.186. The predicted octanol–water partition coefficient (Wildman–Crippen LogP) is 4.53. The summed E-state index contributed by atoms with van der Waals surface area (Å²) in [6.07, 6.45) is 4.56. The second-order valence-corrected chi connectivity index (χ2v) is 6.75. The van der Waals surface area contributed by atoms with Crippen molar-refractivity contribution < 1.29 is 9.18 Å². The molecule has 0 spiro atoms. The number of rotatable bonds is 3. The van der Waals surface area contributed by atoms with E-state index >= 15 is 0 Å². The van der Waals surface area contributed by atoms with Crippen molar-refractivity contribution in [2.75, 3.05) is 0 Å². The summed E-state index contributed by atoms with van der Waals surface area (Å²) in [5.74, 6) is 0.493. The number of carbonyl (C=O) groups excluding carboxylic acids is 1. The highest BCUT2D eigenvalue weighted by Crippen LogP contribution is 2.30. The summed E-state index contributed by atoms with van der Waals surface area (Å²) in [7, 11) is 0.